The molecule has 0 saturated carbocycles. The topological polar surface area (TPSA) is 46.6 Å². The van der Waals surface area contributed by atoms with Crippen LogP contribution in [0, 0.1) is 0 Å². The smallest absolute Gasteiger partial charge is 0.313 e. The summed E-state index contributed by atoms with van der Waals surface area (Å²) >= 11 is 2.36. The van der Waals surface area contributed by atoms with E-state index < -0.39 is 5.77 Å². The first-order valence-electron chi connectivity index (χ1n) is 6.06. The molecule has 0 aliphatic carbocycles. The van der Waals surface area contributed by atoms with Gasteiger partial charge < -0.3 is 4.52 Å². The summed E-state index contributed by atoms with van der Waals surface area (Å²) in [6.07, 6.45) is 0.928. The van der Waals surface area contributed by atoms with E-state index in [0.29, 0.717) is 6.61 Å². The molecule has 0 spiro atoms. The molecule has 4 nitrogen and oxygen atoms in total. The van der Waals surface area contributed by atoms with Gasteiger partial charge in [-0.05, 0) is 34.1 Å². The number of nitrogens with zero attached hydrogens (tertiary/aromatic N) is 1. The van der Waals surface area contributed by atoms with Gasteiger partial charge in [-0.1, -0.05) is 18.3 Å². The van der Waals surface area contributed by atoms with E-state index in [-0.39, 0.29) is 11.4 Å². The molecule has 0 aliphatic heterocycles. The Morgan fingerprint density at radius 3 is 2.22 bits per heavy atom. The van der Waals surface area contributed by atoms with Crippen molar-refractivity contribution < 1.29 is 13.9 Å². The van der Waals surface area contributed by atoms with Crippen LogP contribution < -0.4 is 0 Å². The van der Waals surface area contributed by atoms with Gasteiger partial charge in [0.2, 0.25) is 5.91 Å². The Balaban J connectivity index is 4.93. The molecule has 0 aliphatic rings. The van der Waals surface area contributed by atoms with Crippen molar-refractivity contribution in [2.24, 2.45) is 0 Å². The zero-order valence-electron chi connectivity index (χ0n) is 12.1. The highest BCUT2D eigenvalue weighted by Gasteiger charge is 2.35. The van der Waals surface area contributed by atoms with Crippen LogP contribution in [0.5, 0.6) is 0 Å². The summed E-state index contributed by atoms with van der Waals surface area (Å²) in [5, 5.41) is 0. The average Bonchev–Trinajstić information content (AvgIpc) is 2.22. The number of hydrogen-bond donors (Lipinski definition) is 0. The van der Waals surface area contributed by atoms with E-state index in [2.05, 4.69) is 0 Å². The predicted molar refractivity (Wildman–Crippen MR) is 81.8 cm³/mol. The monoisotopic (exact) mass is 313 g/mol. The van der Waals surface area contributed by atoms with Crippen LogP contribution in [0.3, 0.4) is 0 Å². The maximum absolute atomic E-state index is 12.6. The average molecular weight is 313 g/mol. The lowest BCUT2D eigenvalue weighted by atomic mass is 10.1. The molecule has 1 amide bonds. The van der Waals surface area contributed by atoms with Crippen LogP contribution in [0.25, 0.3) is 0 Å². The number of hydrogen-bond acceptors (Lipinski definition) is 5. The summed E-state index contributed by atoms with van der Waals surface area (Å²) in [5.74, 6) is -2.25. The fourth-order valence-electron chi connectivity index (χ4n) is 1.20. The molecule has 1 unspecified atom stereocenters. The minimum Gasteiger partial charge on any atom is -0.313 e. The first-order valence-corrected chi connectivity index (χ1v) is 10.6. The van der Waals surface area contributed by atoms with Crippen LogP contribution in [-0.4, -0.2) is 28.1 Å². The van der Waals surface area contributed by atoms with Gasteiger partial charge >= 0.3 is 5.77 Å². The zero-order valence-corrected chi connectivity index (χ0v) is 14.6. The van der Waals surface area contributed by atoms with E-state index in [1.807, 2.05) is 34.6 Å². The molecular weight excluding hydrogens is 289 g/mol. The Labute approximate surface area is 119 Å². The van der Waals surface area contributed by atoms with Crippen LogP contribution in [0.2, 0.25) is 0 Å². The molecular formula is C11H24NO3PS2. The molecule has 0 rings (SSSR count). The molecule has 0 bridgehead atoms. The summed E-state index contributed by atoms with van der Waals surface area (Å²) < 4.78 is 19.6. The predicted octanol–water partition coefficient (Wildman–Crippen LogP) is 4.57. The van der Waals surface area contributed by atoms with E-state index in [0.717, 1.165) is 23.7 Å². The normalized spacial score (nSPS) is 15.2. The highest BCUT2D eigenvalue weighted by Crippen LogP contribution is 2.71. The molecule has 0 aromatic rings. The third-order valence-corrected chi connectivity index (χ3v) is 9.23. The van der Waals surface area contributed by atoms with Crippen LogP contribution in [0.1, 0.15) is 48.0 Å². The number of amides is 1. The quantitative estimate of drug-likeness (QED) is 0.509. The van der Waals surface area contributed by atoms with Gasteiger partial charge in [0.15, 0.2) is 0 Å². The fourth-order valence-corrected chi connectivity index (χ4v) is 8.38. The Bertz CT molecular complexity index is 318. The van der Waals surface area contributed by atoms with Gasteiger partial charge in [-0.15, -0.1) is 0 Å². The summed E-state index contributed by atoms with van der Waals surface area (Å²) in [6, 6.07) is 0. The van der Waals surface area contributed by atoms with Crippen molar-refractivity contribution >= 4 is 34.6 Å². The molecule has 18 heavy (non-hydrogen) atoms. The van der Waals surface area contributed by atoms with Crippen LogP contribution in [0.4, 0.5) is 0 Å². The Morgan fingerprint density at radius 1 is 1.33 bits per heavy atom. The molecule has 1 atom stereocenters. The Kier molecular flexibility index (Phi) is 7.99. The Hall–Kier alpha value is 0.360. The molecule has 0 saturated heterocycles. The minimum atomic E-state index is -2.90. The molecule has 0 heterocycles. The van der Waals surface area contributed by atoms with Crippen molar-refractivity contribution in [1.82, 2.24) is 4.31 Å². The lowest BCUT2D eigenvalue weighted by Crippen LogP contribution is -2.39. The maximum Gasteiger partial charge on any atom is 0.333 e. The highest BCUT2D eigenvalue weighted by atomic mass is 33.1. The highest BCUT2D eigenvalue weighted by molar-refractivity contribution is 8.88. The summed E-state index contributed by atoms with van der Waals surface area (Å²) in [4.78, 5) is 11.7. The van der Waals surface area contributed by atoms with E-state index >= 15 is 0 Å². The minimum absolute atomic E-state index is 0.107. The molecule has 108 valence electrons. The number of carbonyl (C=O) groups is 1. The third kappa shape index (κ3) is 6.50. The SMILES string of the molecule is CCCSP(=O)(OCC)SN(C(C)=O)C(C)(C)C. The lowest BCUT2D eigenvalue weighted by molar-refractivity contribution is -0.126. The van der Waals surface area contributed by atoms with Crippen molar-refractivity contribution in [3.63, 3.8) is 0 Å². The lowest BCUT2D eigenvalue weighted by Gasteiger charge is -2.34. The van der Waals surface area contributed by atoms with Crippen LogP contribution in [0.15, 0.2) is 0 Å². The van der Waals surface area contributed by atoms with Crippen LogP contribution >= 0.6 is 28.7 Å². The summed E-state index contributed by atoms with van der Waals surface area (Å²) in [6.45, 7) is 11.5. The van der Waals surface area contributed by atoms with Gasteiger partial charge in [0.1, 0.15) is 0 Å². The maximum atomic E-state index is 12.6. The first-order chi connectivity index (χ1) is 8.16. The van der Waals surface area contributed by atoms with Crippen molar-refractivity contribution in [1.29, 1.82) is 0 Å². The molecule has 0 radical (unpaired) electrons. The summed E-state index contributed by atoms with van der Waals surface area (Å²) in [7, 11) is 0. The molecule has 0 aromatic carbocycles. The molecule has 0 N–H and O–H groups in total. The standard InChI is InChI=1S/C11H24NO3PS2/c1-7-9-17-16(14,15-8-2)18-12(10(3)13)11(4,5)6/h7-9H2,1-6H3. The third-order valence-electron chi connectivity index (χ3n) is 1.82. The first kappa shape index (κ1) is 18.4. The van der Waals surface area contributed by atoms with Crippen molar-refractivity contribution in [3.05, 3.63) is 0 Å². The summed E-state index contributed by atoms with van der Waals surface area (Å²) in [5.41, 5.74) is -0.379. The van der Waals surface area contributed by atoms with Crippen molar-refractivity contribution in [3.8, 4) is 0 Å². The molecule has 7 heteroatoms. The second-order valence-electron chi connectivity index (χ2n) is 4.76. The van der Waals surface area contributed by atoms with Gasteiger partial charge in [-0.2, -0.15) is 0 Å². The van der Waals surface area contributed by atoms with E-state index in [1.54, 1.807) is 4.31 Å². The van der Waals surface area contributed by atoms with Crippen molar-refractivity contribution in [2.45, 2.75) is 53.5 Å². The van der Waals surface area contributed by atoms with E-state index in [4.69, 9.17) is 4.52 Å². The van der Waals surface area contributed by atoms with E-state index in [1.165, 1.54) is 18.3 Å². The van der Waals surface area contributed by atoms with Crippen molar-refractivity contribution in [2.75, 3.05) is 12.4 Å². The second-order valence-corrected chi connectivity index (χ2v) is 12.0. The molecule has 0 aromatic heterocycles. The second kappa shape index (κ2) is 7.83. The zero-order chi connectivity index (χ0) is 14.4. The van der Waals surface area contributed by atoms with Gasteiger partial charge in [0.25, 0.3) is 0 Å². The van der Waals surface area contributed by atoms with Gasteiger partial charge in [-0.3, -0.25) is 13.7 Å². The van der Waals surface area contributed by atoms with Gasteiger partial charge in [-0.25, -0.2) is 0 Å². The fraction of sp³-hybridized carbons (Fsp3) is 0.909. The van der Waals surface area contributed by atoms with E-state index in [9.17, 15) is 9.36 Å². The number of rotatable bonds is 7. The number of carbonyl (C=O) groups excluding carboxylic acids is 1. The largest absolute Gasteiger partial charge is 0.333 e. The molecule has 0 fully saturated rings. The van der Waals surface area contributed by atoms with Gasteiger partial charge in [0, 0.05) is 18.2 Å². The Morgan fingerprint density at radius 2 is 1.89 bits per heavy atom. The van der Waals surface area contributed by atoms with Crippen LogP contribution in [-0.2, 0) is 13.9 Å². The van der Waals surface area contributed by atoms with Gasteiger partial charge in [0.05, 0.1) is 18.2 Å².